The van der Waals surface area contributed by atoms with Gasteiger partial charge in [0, 0.05) is 37.4 Å². The third-order valence-electron chi connectivity index (χ3n) is 3.67. The van der Waals surface area contributed by atoms with E-state index < -0.39 is 0 Å². The molecular weight excluding hydrogens is 252 g/mol. The number of carbonyl (C=O) groups excluding carboxylic acids is 1. The van der Waals surface area contributed by atoms with Crippen LogP contribution in [0.1, 0.15) is 30.6 Å². The summed E-state index contributed by atoms with van der Waals surface area (Å²) in [5.74, 6) is 0.868. The molecule has 0 radical (unpaired) electrons. The van der Waals surface area contributed by atoms with E-state index in [9.17, 15) is 4.79 Å². The smallest absolute Gasteiger partial charge is 0.254 e. The Labute approximate surface area is 121 Å². The molecule has 1 unspecified atom stereocenters. The average molecular weight is 276 g/mol. The van der Waals surface area contributed by atoms with Crippen LogP contribution in [0.4, 0.5) is 5.82 Å². The third kappa shape index (κ3) is 3.48. The molecule has 1 amide bonds. The number of hydrogen-bond acceptors (Lipinski definition) is 4. The van der Waals surface area contributed by atoms with E-state index in [0.717, 1.165) is 38.4 Å². The van der Waals surface area contributed by atoms with E-state index in [-0.39, 0.29) is 11.9 Å². The van der Waals surface area contributed by atoms with Crippen LogP contribution in [0.2, 0.25) is 0 Å². The Bertz CT molecular complexity index is 463. The largest absolute Gasteiger partial charge is 0.370 e. The number of nitrogens with zero attached hydrogens (tertiary/aromatic N) is 3. The van der Waals surface area contributed by atoms with E-state index >= 15 is 0 Å². The Morgan fingerprint density at radius 1 is 1.50 bits per heavy atom. The van der Waals surface area contributed by atoms with Gasteiger partial charge in [0.25, 0.3) is 5.91 Å². The molecule has 1 N–H and O–H groups in total. The van der Waals surface area contributed by atoms with Crippen molar-refractivity contribution in [2.75, 3.05) is 38.5 Å². The van der Waals surface area contributed by atoms with Gasteiger partial charge in [0.1, 0.15) is 5.82 Å². The standard InChI is InChI=1S/C15H24N4O/c1-4-16-14-10-13(6-7-17-14)15(20)19-9-5-8-18(3)11-12(19)2/h6-7,10,12H,4-5,8-9,11H2,1-3H3,(H,16,17). The van der Waals surface area contributed by atoms with Gasteiger partial charge < -0.3 is 15.1 Å². The van der Waals surface area contributed by atoms with Gasteiger partial charge in [-0.2, -0.15) is 0 Å². The minimum absolute atomic E-state index is 0.106. The van der Waals surface area contributed by atoms with Gasteiger partial charge in [-0.25, -0.2) is 4.98 Å². The van der Waals surface area contributed by atoms with E-state index in [0.29, 0.717) is 5.56 Å². The molecular formula is C15H24N4O. The molecule has 1 atom stereocenters. The van der Waals surface area contributed by atoms with Crippen molar-refractivity contribution in [1.29, 1.82) is 0 Å². The number of aromatic nitrogens is 1. The summed E-state index contributed by atoms with van der Waals surface area (Å²) in [6.07, 6.45) is 2.72. The molecule has 1 aliphatic heterocycles. The first kappa shape index (κ1) is 14.8. The molecule has 1 aromatic rings. The van der Waals surface area contributed by atoms with Crippen LogP contribution >= 0.6 is 0 Å². The zero-order valence-electron chi connectivity index (χ0n) is 12.6. The van der Waals surface area contributed by atoms with Crippen LogP contribution in [-0.2, 0) is 0 Å². The second-order valence-electron chi connectivity index (χ2n) is 5.42. The maximum atomic E-state index is 12.7. The van der Waals surface area contributed by atoms with Crippen LogP contribution < -0.4 is 5.32 Å². The lowest BCUT2D eigenvalue weighted by molar-refractivity contribution is 0.0696. The lowest BCUT2D eigenvalue weighted by atomic mass is 10.2. The minimum atomic E-state index is 0.106. The predicted octanol–water partition coefficient (Wildman–Crippen LogP) is 1.68. The van der Waals surface area contributed by atoms with E-state index in [1.54, 1.807) is 12.3 Å². The fourth-order valence-corrected chi connectivity index (χ4v) is 2.68. The number of nitrogens with one attached hydrogen (secondary N) is 1. The number of anilines is 1. The topological polar surface area (TPSA) is 48.5 Å². The lowest BCUT2D eigenvalue weighted by Gasteiger charge is -2.28. The highest BCUT2D eigenvalue weighted by Gasteiger charge is 2.25. The van der Waals surface area contributed by atoms with Gasteiger partial charge in [-0.15, -0.1) is 0 Å². The molecule has 2 heterocycles. The fourth-order valence-electron chi connectivity index (χ4n) is 2.68. The number of hydrogen-bond donors (Lipinski definition) is 1. The molecule has 110 valence electrons. The van der Waals surface area contributed by atoms with Crippen LogP contribution in [0.5, 0.6) is 0 Å². The van der Waals surface area contributed by atoms with Crippen molar-refractivity contribution in [2.24, 2.45) is 0 Å². The van der Waals surface area contributed by atoms with Gasteiger partial charge in [0.15, 0.2) is 0 Å². The lowest BCUT2D eigenvalue weighted by Crippen LogP contribution is -2.42. The summed E-state index contributed by atoms with van der Waals surface area (Å²) < 4.78 is 0. The summed E-state index contributed by atoms with van der Waals surface area (Å²) in [5.41, 5.74) is 0.715. The Hall–Kier alpha value is -1.62. The van der Waals surface area contributed by atoms with E-state index in [4.69, 9.17) is 0 Å². The van der Waals surface area contributed by atoms with Crippen LogP contribution in [0.15, 0.2) is 18.3 Å². The first-order valence-corrected chi connectivity index (χ1v) is 7.31. The molecule has 2 rings (SSSR count). The molecule has 1 fully saturated rings. The zero-order chi connectivity index (χ0) is 14.5. The SMILES string of the molecule is CCNc1cc(C(=O)N2CCCN(C)CC2C)ccn1. The molecule has 1 aliphatic rings. The predicted molar refractivity (Wildman–Crippen MR) is 81.0 cm³/mol. The summed E-state index contributed by atoms with van der Waals surface area (Å²) in [5, 5.41) is 3.15. The number of rotatable bonds is 3. The molecule has 0 saturated carbocycles. The fraction of sp³-hybridized carbons (Fsp3) is 0.600. The Morgan fingerprint density at radius 3 is 3.05 bits per heavy atom. The Morgan fingerprint density at radius 2 is 2.30 bits per heavy atom. The maximum absolute atomic E-state index is 12.7. The van der Waals surface area contributed by atoms with Crippen molar-refractivity contribution < 1.29 is 4.79 Å². The molecule has 1 aromatic heterocycles. The van der Waals surface area contributed by atoms with Crippen LogP contribution in [0.25, 0.3) is 0 Å². The first-order chi connectivity index (χ1) is 9.61. The second kappa shape index (κ2) is 6.70. The molecule has 1 saturated heterocycles. The molecule has 5 nitrogen and oxygen atoms in total. The van der Waals surface area contributed by atoms with E-state index in [1.165, 1.54) is 0 Å². The Kier molecular flexibility index (Phi) is 4.95. The van der Waals surface area contributed by atoms with E-state index in [1.807, 2.05) is 17.9 Å². The molecule has 0 spiro atoms. The van der Waals surface area contributed by atoms with Crippen molar-refractivity contribution in [3.8, 4) is 0 Å². The highest BCUT2D eigenvalue weighted by Crippen LogP contribution is 2.15. The third-order valence-corrected chi connectivity index (χ3v) is 3.67. The second-order valence-corrected chi connectivity index (χ2v) is 5.42. The van der Waals surface area contributed by atoms with Crippen LogP contribution in [0.3, 0.4) is 0 Å². The van der Waals surface area contributed by atoms with Crippen molar-refractivity contribution in [2.45, 2.75) is 26.3 Å². The zero-order valence-corrected chi connectivity index (χ0v) is 12.6. The molecule has 0 bridgehead atoms. The van der Waals surface area contributed by atoms with Crippen LogP contribution in [-0.4, -0.2) is 60.0 Å². The number of likely N-dealkylation sites (N-methyl/N-ethyl adjacent to an activating group) is 1. The van der Waals surface area contributed by atoms with Crippen molar-refractivity contribution in [3.63, 3.8) is 0 Å². The van der Waals surface area contributed by atoms with Gasteiger partial charge in [-0.1, -0.05) is 0 Å². The number of pyridine rings is 1. The summed E-state index contributed by atoms with van der Waals surface area (Å²) in [6.45, 7) is 7.73. The monoisotopic (exact) mass is 276 g/mol. The minimum Gasteiger partial charge on any atom is -0.370 e. The van der Waals surface area contributed by atoms with Gasteiger partial charge in [0.05, 0.1) is 0 Å². The normalized spacial score (nSPS) is 20.6. The van der Waals surface area contributed by atoms with Gasteiger partial charge in [-0.3, -0.25) is 4.79 Å². The van der Waals surface area contributed by atoms with Gasteiger partial charge in [0.2, 0.25) is 0 Å². The van der Waals surface area contributed by atoms with Crippen molar-refractivity contribution >= 4 is 11.7 Å². The number of carbonyl (C=O) groups is 1. The highest BCUT2D eigenvalue weighted by atomic mass is 16.2. The molecule has 20 heavy (non-hydrogen) atoms. The summed E-state index contributed by atoms with van der Waals surface area (Å²) in [6, 6.07) is 3.88. The first-order valence-electron chi connectivity index (χ1n) is 7.31. The summed E-state index contributed by atoms with van der Waals surface area (Å²) >= 11 is 0. The average Bonchev–Trinajstić information content (AvgIpc) is 2.59. The summed E-state index contributed by atoms with van der Waals surface area (Å²) in [7, 11) is 2.11. The molecule has 0 aliphatic carbocycles. The molecule has 5 heteroatoms. The van der Waals surface area contributed by atoms with Crippen LogP contribution in [0, 0.1) is 0 Å². The van der Waals surface area contributed by atoms with Gasteiger partial charge >= 0.3 is 0 Å². The number of amides is 1. The summed E-state index contributed by atoms with van der Waals surface area (Å²) in [4.78, 5) is 21.2. The Balaban J connectivity index is 2.15. The maximum Gasteiger partial charge on any atom is 0.254 e. The molecule has 0 aromatic carbocycles. The van der Waals surface area contributed by atoms with E-state index in [2.05, 4.69) is 29.2 Å². The van der Waals surface area contributed by atoms with Gasteiger partial charge in [-0.05, 0) is 46.0 Å². The van der Waals surface area contributed by atoms with Crippen molar-refractivity contribution in [3.05, 3.63) is 23.9 Å². The quantitative estimate of drug-likeness (QED) is 0.912. The highest BCUT2D eigenvalue weighted by molar-refractivity contribution is 5.95. The van der Waals surface area contributed by atoms with Crippen molar-refractivity contribution in [1.82, 2.24) is 14.8 Å².